The van der Waals surface area contributed by atoms with Crippen molar-refractivity contribution in [3.05, 3.63) is 40.7 Å². The Bertz CT molecular complexity index is 750. The molecular weight excluding hydrogens is 340 g/mol. The van der Waals surface area contributed by atoms with Gasteiger partial charge in [0.2, 0.25) is 0 Å². The molecule has 3 N–H and O–H groups in total. The molecule has 0 aliphatic carbocycles. The van der Waals surface area contributed by atoms with Gasteiger partial charge in [-0.25, -0.2) is 14.8 Å². The Morgan fingerprint density at radius 3 is 2.60 bits per heavy atom. The number of nitrogens with zero attached hydrogens (tertiary/aromatic N) is 3. The van der Waals surface area contributed by atoms with E-state index >= 15 is 0 Å². The second kappa shape index (κ2) is 8.53. The Hall–Kier alpha value is -2.54. The van der Waals surface area contributed by atoms with E-state index in [1.807, 2.05) is 51.0 Å². The normalized spacial score (nSPS) is 10.3. The minimum absolute atomic E-state index is 0.283. The monoisotopic (exact) mass is 362 g/mol. The molecule has 134 valence electrons. The largest absolute Gasteiger partial charge is 0.368 e. The molecule has 1 aromatic heterocycles. The van der Waals surface area contributed by atoms with Crippen LogP contribution in [0, 0.1) is 13.8 Å². The maximum Gasteiger partial charge on any atom is 0.319 e. The molecule has 0 aliphatic rings. The van der Waals surface area contributed by atoms with Crippen LogP contribution in [-0.2, 0) is 0 Å². The number of nitrogens with one attached hydrogen (secondary N) is 3. The van der Waals surface area contributed by atoms with Crippen LogP contribution in [0.25, 0.3) is 0 Å². The third kappa shape index (κ3) is 5.79. The predicted molar refractivity (Wildman–Crippen MR) is 103 cm³/mol. The summed E-state index contributed by atoms with van der Waals surface area (Å²) in [5.41, 5.74) is 1.62. The molecule has 0 fully saturated rings. The second-order valence-corrected chi connectivity index (χ2v) is 6.23. The van der Waals surface area contributed by atoms with Crippen molar-refractivity contribution in [1.82, 2.24) is 15.3 Å². The van der Waals surface area contributed by atoms with Crippen LogP contribution in [0.4, 0.5) is 22.1 Å². The molecule has 8 heteroatoms. The summed E-state index contributed by atoms with van der Waals surface area (Å²) in [4.78, 5) is 22.5. The Morgan fingerprint density at radius 2 is 1.92 bits per heavy atom. The third-order valence-electron chi connectivity index (χ3n) is 3.43. The summed E-state index contributed by atoms with van der Waals surface area (Å²) in [6.45, 7) is 4.75. The molecule has 2 rings (SSSR count). The number of amides is 2. The van der Waals surface area contributed by atoms with Gasteiger partial charge in [0.05, 0.1) is 0 Å². The SMILES string of the molecule is Cc1nc(NCCNC(=O)Nc2ccc(C)c(Cl)c2)cc(N(C)C)n1. The number of carbonyl (C=O) groups excluding carboxylic acids is 1. The van der Waals surface area contributed by atoms with Crippen molar-refractivity contribution in [2.24, 2.45) is 0 Å². The van der Waals surface area contributed by atoms with Gasteiger partial charge in [-0.05, 0) is 31.5 Å². The molecule has 1 heterocycles. The first-order valence-corrected chi connectivity index (χ1v) is 8.31. The van der Waals surface area contributed by atoms with Gasteiger partial charge >= 0.3 is 6.03 Å². The zero-order chi connectivity index (χ0) is 18.4. The Morgan fingerprint density at radius 1 is 1.16 bits per heavy atom. The summed E-state index contributed by atoms with van der Waals surface area (Å²) in [5.74, 6) is 2.25. The molecule has 0 spiro atoms. The van der Waals surface area contributed by atoms with Crippen LogP contribution < -0.4 is 20.9 Å². The van der Waals surface area contributed by atoms with E-state index in [0.717, 1.165) is 17.2 Å². The smallest absolute Gasteiger partial charge is 0.319 e. The van der Waals surface area contributed by atoms with Crippen LogP contribution in [0.2, 0.25) is 5.02 Å². The number of hydrogen-bond acceptors (Lipinski definition) is 5. The van der Waals surface area contributed by atoms with E-state index in [-0.39, 0.29) is 6.03 Å². The topological polar surface area (TPSA) is 82.2 Å². The second-order valence-electron chi connectivity index (χ2n) is 5.82. The maximum atomic E-state index is 11.9. The van der Waals surface area contributed by atoms with Crippen LogP contribution >= 0.6 is 11.6 Å². The zero-order valence-electron chi connectivity index (χ0n) is 14.9. The van der Waals surface area contributed by atoms with E-state index < -0.39 is 0 Å². The fraction of sp³-hybridized carbons (Fsp3) is 0.353. The number of benzene rings is 1. The first-order chi connectivity index (χ1) is 11.8. The highest BCUT2D eigenvalue weighted by atomic mass is 35.5. The number of rotatable bonds is 6. The minimum Gasteiger partial charge on any atom is -0.368 e. The molecule has 2 amide bonds. The van der Waals surface area contributed by atoms with Gasteiger partial charge in [-0.1, -0.05) is 17.7 Å². The van der Waals surface area contributed by atoms with E-state index in [4.69, 9.17) is 11.6 Å². The number of urea groups is 1. The lowest BCUT2D eigenvalue weighted by Gasteiger charge is -2.14. The minimum atomic E-state index is -0.283. The van der Waals surface area contributed by atoms with Crippen LogP contribution in [-0.4, -0.2) is 43.2 Å². The highest BCUT2D eigenvalue weighted by Crippen LogP contribution is 2.19. The fourth-order valence-electron chi connectivity index (χ4n) is 2.08. The summed E-state index contributed by atoms with van der Waals surface area (Å²) in [7, 11) is 3.85. The Balaban J connectivity index is 1.79. The van der Waals surface area contributed by atoms with Crippen molar-refractivity contribution in [2.45, 2.75) is 13.8 Å². The average molecular weight is 363 g/mol. The van der Waals surface area contributed by atoms with Crippen LogP contribution in [0.1, 0.15) is 11.4 Å². The Labute approximate surface area is 152 Å². The fourth-order valence-corrected chi connectivity index (χ4v) is 2.26. The highest BCUT2D eigenvalue weighted by molar-refractivity contribution is 6.31. The van der Waals surface area contributed by atoms with Gasteiger partial charge in [-0.2, -0.15) is 0 Å². The molecule has 0 saturated carbocycles. The van der Waals surface area contributed by atoms with E-state index in [9.17, 15) is 4.79 Å². The van der Waals surface area contributed by atoms with Crippen LogP contribution in [0.15, 0.2) is 24.3 Å². The van der Waals surface area contributed by atoms with Crippen molar-refractivity contribution >= 4 is 35.0 Å². The molecule has 0 atom stereocenters. The van der Waals surface area contributed by atoms with E-state index in [1.54, 1.807) is 6.07 Å². The summed E-state index contributed by atoms with van der Waals surface area (Å²) < 4.78 is 0. The first kappa shape index (κ1) is 18.8. The zero-order valence-corrected chi connectivity index (χ0v) is 15.6. The quantitative estimate of drug-likeness (QED) is 0.688. The molecule has 0 bridgehead atoms. The number of aromatic nitrogens is 2. The molecule has 1 aromatic carbocycles. The number of halogens is 1. The highest BCUT2D eigenvalue weighted by Gasteiger charge is 2.05. The molecule has 0 saturated heterocycles. The Kier molecular flexibility index (Phi) is 6.41. The first-order valence-electron chi connectivity index (χ1n) is 7.93. The van der Waals surface area contributed by atoms with Crippen molar-refractivity contribution in [3.8, 4) is 0 Å². The number of hydrogen-bond donors (Lipinski definition) is 3. The molecule has 25 heavy (non-hydrogen) atoms. The van der Waals surface area contributed by atoms with E-state index in [1.165, 1.54) is 0 Å². The van der Waals surface area contributed by atoms with Gasteiger partial charge in [-0.3, -0.25) is 0 Å². The average Bonchev–Trinajstić information content (AvgIpc) is 2.54. The molecule has 0 aliphatic heterocycles. The number of anilines is 3. The van der Waals surface area contributed by atoms with Gasteiger partial charge in [0.1, 0.15) is 17.5 Å². The molecule has 7 nitrogen and oxygen atoms in total. The summed E-state index contributed by atoms with van der Waals surface area (Å²) in [6, 6.07) is 6.97. The van der Waals surface area contributed by atoms with Crippen molar-refractivity contribution in [1.29, 1.82) is 0 Å². The summed E-state index contributed by atoms with van der Waals surface area (Å²) >= 11 is 6.04. The lowest BCUT2D eigenvalue weighted by Crippen LogP contribution is -2.32. The lowest BCUT2D eigenvalue weighted by atomic mass is 10.2. The van der Waals surface area contributed by atoms with Crippen molar-refractivity contribution in [3.63, 3.8) is 0 Å². The van der Waals surface area contributed by atoms with Gasteiger partial charge < -0.3 is 20.9 Å². The van der Waals surface area contributed by atoms with Crippen LogP contribution in [0.5, 0.6) is 0 Å². The number of carbonyl (C=O) groups is 1. The summed E-state index contributed by atoms with van der Waals surface area (Å²) in [5, 5.41) is 9.32. The molecule has 0 unspecified atom stereocenters. The van der Waals surface area contributed by atoms with Crippen LogP contribution in [0.3, 0.4) is 0 Å². The lowest BCUT2D eigenvalue weighted by molar-refractivity contribution is 0.252. The van der Waals surface area contributed by atoms with Crippen molar-refractivity contribution in [2.75, 3.05) is 42.7 Å². The third-order valence-corrected chi connectivity index (χ3v) is 3.84. The van der Waals surface area contributed by atoms with Gasteiger partial charge in [0, 0.05) is 44.0 Å². The van der Waals surface area contributed by atoms with E-state index in [0.29, 0.717) is 29.6 Å². The van der Waals surface area contributed by atoms with E-state index in [2.05, 4.69) is 25.9 Å². The van der Waals surface area contributed by atoms with Crippen molar-refractivity contribution < 1.29 is 4.79 Å². The molecule has 0 radical (unpaired) electrons. The molecule has 2 aromatic rings. The number of aryl methyl sites for hydroxylation is 2. The van der Waals surface area contributed by atoms with Gasteiger partial charge in [0.15, 0.2) is 0 Å². The molecular formula is C17H23ClN6O. The standard InChI is InChI=1S/C17H23ClN6O/c1-11-5-6-13(9-14(11)18)23-17(25)20-8-7-19-15-10-16(24(3)4)22-12(2)21-15/h5-6,9-10H,7-8H2,1-4H3,(H,19,21,22)(H2,20,23,25). The summed E-state index contributed by atoms with van der Waals surface area (Å²) in [6.07, 6.45) is 0. The maximum absolute atomic E-state index is 11.9. The van der Waals surface area contributed by atoms with Gasteiger partial charge in [0.25, 0.3) is 0 Å². The predicted octanol–water partition coefficient (Wildman–Crippen LogP) is 3.05. The van der Waals surface area contributed by atoms with Gasteiger partial charge in [-0.15, -0.1) is 0 Å².